The van der Waals surface area contributed by atoms with Crippen LogP contribution in [0.15, 0.2) is 54.6 Å². The molecule has 0 unspecified atom stereocenters. The summed E-state index contributed by atoms with van der Waals surface area (Å²) < 4.78 is 12.9. The van der Waals surface area contributed by atoms with Gasteiger partial charge in [0.2, 0.25) is 11.8 Å². The number of nitrogens with zero attached hydrogens (tertiary/aromatic N) is 2. The van der Waals surface area contributed by atoms with Crippen LogP contribution in [0.2, 0.25) is 0 Å². The van der Waals surface area contributed by atoms with E-state index in [9.17, 15) is 14.0 Å². The molecule has 0 aromatic heterocycles. The average Bonchev–Trinajstić information content (AvgIpc) is 2.96. The molecule has 1 heterocycles. The van der Waals surface area contributed by atoms with Crippen molar-refractivity contribution in [3.63, 3.8) is 0 Å². The zero-order valence-electron chi connectivity index (χ0n) is 16.4. The fourth-order valence-electron chi connectivity index (χ4n) is 3.27. The highest BCUT2D eigenvalue weighted by atomic mass is 32.2. The summed E-state index contributed by atoms with van der Waals surface area (Å²) in [5, 5.41) is 2.70. The van der Waals surface area contributed by atoms with E-state index in [4.69, 9.17) is 0 Å². The molecule has 2 aromatic rings. The van der Waals surface area contributed by atoms with E-state index in [1.165, 1.54) is 41.6 Å². The van der Waals surface area contributed by atoms with Crippen molar-refractivity contribution in [1.82, 2.24) is 9.80 Å². The standard InChI is InChI=1S/C22H26FN3O2S/c23-19-7-9-20(10-8-19)24-21(27)16-29-17-22(28)26-12-4-11-25(13-14-26)15-18-5-2-1-3-6-18/h1-3,5-10H,4,11-17H2,(H,24,27). The minimum absolute atomic E-state index is 0.0751. The van der Waals surface area contributed by atoms with Gasteiger partial charge in [-0.3, -0.25) is 14.5 Å². The molecule has 0 bridgehead atoms. The van der Waals surface area contributed by atoms with Crippen LogP contribution < -0.4 is 5.32 Å². The number of benzene rings is 2. The van der Waals surface area contributed by atoms with E-state index in [-0.39, 0.29) is 29.1 Å². The summed E-state index contributed by atoms with van der Waals surface area (Å²) in [6, 6.07) is 16.0. The molecule has 1 aliphatic heterocycles. The number of amides is 2. The second kappa shape index (κ2) is 11.0. The zero-order chi connectivity index (χ0) is 20.5. The fourth-order valence-corrected chi connectivity index (χ4v) is 3.99. The molecule has 0 atom stereocenters. The fraction of sp³-hybridized carbons (Fsp3) is 0.364. The number of halogens is 1. The lowest BCUT2D eigenvalue weighted by molar-refractivity contribution is -0.128. The average molecular weight is 416 g/mol. The molecule has 3 rings (SSSR count). The summed E-state index contributed by atoms with van der Waals surface area (Å²) in [6.45, 7) is 4.21. The largest absolute Gasteiger partial charge is 0.341 e. The third kappa shape index (κ3) is 7.18. The van der Waals surface area contributed by atoms with Crippen LogP contribution >= 0.6 is 11.8 Å². The molecule has 7 heteroatoms. The molecule has 2 aromatic carbocycles. The summed E-state index contributed by atoms with van der Waals surface area (Å²) in [7, 11) is 0. The summed E-state index contributed by atoms with van der Waals surface area (Å²) in [6.07, 6.45) is 0.953. The maximum absolute atomic E-state index is 12.9. The number of nitrogens with one attached hydrogen (secondary N) is 1. The molecule has 29 heavy (non-hydrogen) atoms. The highest BCUT2D eigenvalue weighted by molar-refractivity contribution is 8.00. The number of hydrogen-bond acceptors (Lipinski definition) is 4. The molecule has 5 nitrogen and oxygen atoms in total. The van der Waals surface area contributed by atoms with E-state index in [2.05, 4.69) is 22.3 Å². The van der Waals surface area contributed by atoms with E-state index in [0.29, 0.717) is 12.2 Å². The van der Waals surface area contributed by atoms with Gasteiger partial charge in [-0.25, -0.2) is 4.39 Å². The first-order valence-corrected chi connectivity index (χ1v) is 10.9. The second-order valence-electron chi connectivity index (χ2n) is 7.04. The van der Waals surface area contributed by atoms with Gasteiger partial charge in [0.1, 0.15) is 5.82 Å². The Hall–Kier alpha value is -2.38. The predicted octanol–water partition coefficient (Wildman–Crippen LogP) is 3.23. The molecule has 1 N–H and O–H groups in total. The molecule has 1 aliphatic rings. The third-order valence-electron chi connectivity index (χ3n) is 4.78. The number of carbonyl (C=O) groups excluding carboxylic acids is 2. The first-order chi connectivity index (χ1) is 14.1. The van der Waals surface area contributed by atoms with E-state index >= 15 is 0 Å². The van der Waals surface area contributed by atoms with Gasteiger partial charge in [0.05, 0.1) is 11.5 Å². The maximum atomic E-state index is 12.9. The highest BCUT2D eigenvalue weighted by Gasteiger charge is 2.19. The topological polar surface area (TPSA) is 52.7 Å². The van der Waals surface area contributed by atoms with Crippen molar-refractivity contribution in [2.45, 2.75) is 13.0 Å². The Morgan fingerprint density at radius 1 is 0.931 bits per heavy atom. The lowest BCUT2D eigenvalue weighted by atomic mass is 10.2. The smallest absolute Gasteiger partial charge is 0.234 e. The van der Waals surface area contributed by atoms with Gasteiger partial charge in [-0.05, 0) is 36.2 Å². The Balaban J connectivity index is 1.37. The Morgan fingerprint density at radius 2 is 1.69 bits per heavy atom. The maximum Gasteiger partial charge on any atom is 0.234 e. The first kappa shape index (κ1) is 21.3. The van der Waals surface area contributed by atoms with Gasteiger partial charge in [0, 0.05) is 38.4 Å². The SMILES string of the molecule is O=C(CSCC(=O)N1CCCN(Cc2ccccc2)CC1)Nc1ccc(F)cc1. The molecule has 1 fully saturated rings. The van der Waals surface area contributed by atoms with Crippen molar-refractivity contribution in [1.29, 1.82) is 0 Å². The summed E-state index contributed by atoms with van der Waals surface area (Å²) in [5.41, 5.74) is 1.84. The van der Waals surface area contributed by atoms with E-state index < -0.39 is 0 Å². The van der Waals surface area contributed by atoms with Crippen molar-refractivity contribution in [2.24, 2.45) is 0 Å². The van der Waals surface area contributed by atoms with Crippen LogP contribution in [0.4, 0.5) is 10.1 Å². The Bertz CT molecular complexity index is 801. The van der Waals surface area contributed by atoms with Gasteiger partial charge in [-0.1, -0.05) is 30.3 Å². The van der Waals surface area contributed by atoms with Crippen LogP contribution in [0.3, 0.4) is 0 Å². The molecule has 0 radical (unpaired) electrons. The highest BCUT2D eigenvalue weighted by Crippen LogP contribution is 2.12. The molecule has 0 saturated carbocycles. The molecule has 1 saturated heterocycles. The number of rotatable bonds is 7. The van der Waals surface area contributed by atoms with Gasteiger partial charge in [-0.2, -0.15) is 0 Å². The minimum atomic E-state index is -0.345. The van der Waals surface area contributed by atoms with Crippen molar-refractivity contribution in [3.05, 3.63) is 66.0 Å². The van der Waals surface area contributed by atoms with E-state index in [0.717, 1.165) is 32.6 Å². The van der Waals surface area contributed by atoms with Crippen molar-refractivity contribution in [2.75, 3.05) is 43.0 Å². The van der Waals surface area contributed by atoms with Gasteiger partial charge in [-0.15, -0.1) is 11.8 Å². The van der Waals surface area contributed by atoms with Crippen molar-refractivity contribution in [3.8, 4) is 0 Å². The Morgan fingerprint density at radius 3 is 2.45 bits per heavy atom. The monoisotopic (exact) mass is 415 g/mol. The van der Waals surface area contributed by atoms with Gasteiger partial charge < -0.3 is 10.2 Å². The van der Waals surface area contributed by atoms with Crippen molar-refractivity contribution < 1.29 is 14.0 Å². The number of hydrogen-bond donors (Lipinski definition) is 1. The molecule has 0 aliphatic carbocycles. The quantitative estimate of drug-likeness (QED) is 0.754. The van der Waals surface area contributed by atoms with Crippen LogP contribution in [-0.2, 0) is 16.1 Å². The molecule has 2 amide bonds. The Kier molecular flexibility index (Phi) is 8.07. The number of anilines is 1. The molecular formula is C22H26FN3O2S. The van der Waals surface area contributed by atoms with Crippen LogP contribution in [0.5, 0.6) is 0 Å². The third-order valence-corrected chi connectivity index (χ3v) is 5.69. The van der Waals surface area contributed by atoms with Crippen LogP contribution in [0.25, 0.3) is 0 Å². The van der Waals surface area contributed by atoms with Crippen LogP contribution in [-0.4, -0.2) is 59.3 Å². The lowest BCUT2D eigenvalue weighted by Crippen LogP contribution is -2.36. The van der Waals surface area contributed by atoms with Crippen molar-refractivity contribution >= 4 is 29.3 Å². The van der Waals surface area contributed by atoms with Gasteiger partial charge in [0.15, 0.2) is 0 Å². The first-order valence-electron chi connectivity index (χ1n) is 9.77. The van der Waals surface area contributed by atoms with Crippen LogP contribution in [0.1, 0.15) is 12.0 Å². The number of carbonyl (C=O) groups is 2. The van der Waals surface area contributed by atoms with Crippen LogP contribution in [0, 0.1) is 5.82 Å². The molecular weight excluding hydrogens is 389 g/mol. The Labute approximate surface area is 175 Å². The second-order valence-corrected chi connectivity index (χ2v) is 8.03. The molecule has 0 spiro atoms. The predicted molar refractivity (Wildman–Crippen MR) is 115 cm³/mol. The molecule has 154 valence electrons. The summed E-state index contributed by atoms with van der Waals surface area (Å²) >= 11 is 1.30. The lowest BCUT2D eigenvalue weighted by Gasteiger charge is -2.22. The zero-order valence-corrected chi connectivity index (χ0v) is 17.2. The minimum Gasteiger partial charge on any atom is -0.341 e. The summed E-state index contributed by atoms with van der Waals surface area (Å²) in [5.74, 6) is 0.0142. The number of thioether (sulfide) groups is 1. The van der Waals surface area contributed by atoms with E-state index in [1.807, 2.05) is 23.1 Å². The van der Waals surface area contributed by atoms with Gasteiger partial charge in [0.25, 0.3) is 0 Å². The van der Waals surface area contributed by atoms with E-state index in [1.54, 1.807) is 0 Å². The van der Waals surface area contributed by atoms with Gasteiger partial charge >= 0.3 is 0 Å². The summed E-state index contributed by atoms with van der Waals surface area (Å²) in [4.78, 5) is 28.8. The normalized spacial score (nSPS) is 15.0.